The van der Waals surface area contributed by atoms with E-state index in [1.54, 1.807) is 7.11 Å². The summed E-state index contributed by atoms with van der Waals surface area (Å²) in [5, 5.41) is 4.14. The third-order valence-electron chi connectivity index (χ3n) is 4.02. The Hall–Kier alpha value is -0.390. The predicted octanol–water partition coefficient (Wildman–Crippen LogP) is 1.07. The number of nitrogens with one attached hydrogen (secondary N) is 1. The molecule has 104 valence electrons. The number of rotatable bonds is 4. The summed E-state index contributed by atoms with van der Waals surface area (Å²) in [5.41, 5.74) is 0. The molecule has 0 spiro atoms. The van der Waals surface area contributed by atoms with Crippen LogP contribution in [0.2, 0.25) is 0 Å². The Morgan fingerprint density at radius 1 is 1.22 bits per heavy atom. The van der Waals surface area contributed by atoms with Crippen molar-refractivity contribution in [2.45, 2.75) is 31.7 Å². The number of thiocarbonyl (C=S) groups is 1. The zero-order chi connectivity index (χ0) is 12.8. The Morgan fingerprint density at radius 2 is 1.89 bits per heavy atom. The summed E-state index contributed by atoms with van der Waals surface area (Å²) in [5.74, 6) is 0. The van der Waals surface area contributed by atoms with Crippen molar-refractivity contribution in [2.24, 2.45) is 0 Å². The highest BCUT2D eigenvalue weighted by atomic mass is 32.1. The lowest BCUT2D eigenvalue weighted by molar-refractivity contribution is 0.133. The fraction of sp³-hybridized carbons (Fsp3) is 0.923. The van der Waals surface area contributed by atoms with Gasteiger partial charge in [0, 0.05) is 45.9 Å². The molecular formula is C13H25N3OS. The van der Waals surface area contributed by atoms with E-state index in [2.05, 4.69) is 15.1 Å². The summed E-state index contributed by atoms with van der Waals surface area (Å²) in [6.07, 6.45) is 5.64. The van der Waals surface area contributed by atoms with Crippen LogP contribution >= 0.6 is 12.2 Å². The molecule has 0 atom stereocenters. The third-order valence-corrected chi connectivity index (χ3v) is 4.43. The molecule has 1 heterocycles. The Labute approximate surface area is 116 Å². The van der Waals surface area contributed by atoms with Gasteiger partial charge in [0.2, 0.25) is 0 Å². The zero-order valence-corrected chi connectivity index (χ0v) is 12.2. The van der Waals surface area contributed by atoms with Crippen molar-refractivity contribution in [2.75, 3.05) is 46.4 Å². The minimum absolute atomic E-state index is 0.710. The molecule has 0 amide bonds. The normalized spacial score (nSPS) is 22.4. The first-order valence-corrected chi connectivity index (χ1v) is 7.48. The zero-order valence-electron chi connectivity index (χ0n) is 11.4. The molecule has 0 bridgehead atoms. The van der Waals surface area contributed by atoms with Crippen LogP contribution in [-0.2, 0) is 4.74 Å². The average molecular weight is 271 g/mol. The summed E-state index contributed by atoms with van der Waals surface area (Å²) in [6, 6.07) is 0.849. The molecule has 1 saturated carbocycles. The Balaban J connectivity index is 1.67. The van der Waals surface area contributed by atoms with Gasteiger partial charge in [-0.15, -0.1) is 0 Å². The van der Waals surface area contributed by atoms with Crippen LogP contribution in [0.3, 0.4) is 0 Å². The number of methoxy groups -OCH3 is 1. The van der Waals surface area contributed by atoms with E-state index in [1.165, 1.54) is 25.7 Å². The summed E-state index contributed by atoms with van der Waals surface area (Å²) >= 11 is 5.40. The summed E-state index contributed by atoms with van der Waals surface area (Å²) in [6.45, 7) is 5.97. The molecule has 18 heavy (non-hydrogen) atoms. The minimum atomic E-state index is 0.710. The van der Waals surface area contributed by atoms with Crippen LogP contribution in [0.5, 0.6) is 0 Å². The van der Waals surface area contributed by atoms with Gasteiger partial charge in [-0.2, -0.15) is 0 Å². The first-order valence-electron chi connectivity index (χ1n) is 7.07. The van der Waals surface area contributed by atoms with E-state index in [1.807, 2.05) is 0 Å². The highest BCUT2D eigenvalue weighted by molar-refractivity contribution is 7.80. The van der Waals surface area contributed by atoms with E-state index >= 15 is 0 Å². The van der Waals surface area contributed by atoms with Crippen molar-refractivity contribution in [3.05, 3.63) is 0 Å². The molecule has 2 fully saturated rings. The molecule has 1 aliphatic carbocycles. The van der Waals surface area contributed by atoms with Crippen LogP contribution < -0.4 is 5.32 Å². The monoisotopic (exact) mass is 271 g/mol. The molecule has 5 heteroatoms. The Kier molecular flexibility index (Phi) is 5.66. The number of piperazine rings is 1. The summed E-state index contributed by atoms with van der Waals surface area (Å²) in [7, 11) is 1.71. The number of hydrogen-bond donors (Lipinski definition) is 1. The van der Waals surface area contributed by atoms with Gasteiger partial charge in [-0.1, -0.05) is 12.8 Å². The van der Waals surface area contributed by atoms with Gasteiger partial charge in [0.1, 0.15) is 0 Å². The van der Waals surface area contributed by atoms with Gasteiger partial charge in [0.15, 0.2) is 5.11 Å². The third kappa shape index (κ3) is 3.80. The lowest BCUT2D eigenvalue weighted by atomic mass is 10.2. The van der Waals surface area contributed by atoms with Crippen LogP contribution in [0.1, 0.15) is 25.7 Å². The van der Waals surface area contributed by atoms with Gasteiger partial charge in [-0.3, -0.25) is 4.90 Å². The molecule has 0 aromatic rings. The molecule has 0 radical (unpaired) electrons. The lowest BCUT2D eigenvalue weighted by Gasteiger charge is -2.39. The summed E-state index contributed by atoms with van der Waals surface area (Å²) < 4.78 is 5.02. The van der Waals surface area contributed by atoms with E-state index < -0.39 is 0 Å². The molecule has 1 aliphatic heterocycles. The largest absolute Gasteiger partial charge is 0.383 e. The SMILES string of the molecule is COCCNC(=S)N1CCN(C2CCCC2)CC1. The van der Waals surface area contributed by atoms with Crippen molar-refractivity contribution in [1.82, 2.24) is 15.1 Å². The van der Waals surface area contributed by atoms with Gasteiger partial charge in [0.05, 0.1) is 6.61 Å². The van der Waals surface area contributed by atoms with Gasteiger partial charge in [0.25, 0.3) is 0 Å². The van der Waals surface area contributed by atoms with Crippen LogP contribution in [0.4, 0.5) is 0 Å². The first-order chi connectivity index (χ1) is 8.81. The molecule has 1 N–H and O–H groups in total. The fourth-order valence-electron chi connectivity index (χ4n) is 2.93. The van der Waals surface area contributed by atoms with Crippen molar-refractivity contribution in [3.63, 3.8) is 0 Å². The van der Waals surface area contributed by atoms with Gasteiger partial charge in [-0.05, 0) is 25.1 Å². The van der Waals surface area contributed by atoms with Gasteiger partial charge >= 0.3 is 0 Å². The predicted molar refractivity (Wildman–Crippen MR) is 77.9 cm³/mol. The maximum Gasteiger partial charge on any atom is 0.169 e. The van der Waals surface area contributed by atoms with E-state index in [0.717, 1.165) is 43.9 Å². The molecule has 2 aliphatic rings. The summed E-state index contributed by atoms with van der Waals surface area (Å²) in [4.78, 5) is 4.94. The second-order valence-corrected chi connectivity index (χ2v) is 5.57. The smallest absolute Gasteiger partial charge is 0.169 e. The molecule has 2 rings (SSSR count). The molecule has 0 unspecified atom stereocenters. The highest BCUT2D eigenvalue weighted by Gasteiger charge is 2.26. The fourth-order valence-corrected chi connectivity index (χ4v) is 3.22. The number of hydrogen-bond acceptors (Lipinski definition) is 3. The maximum absolute atomic E-state index is 5.40. The maximum atomic E-state index is 5.40. The van der Waals surface area contributed by atoms with Crippen LogP contribution in [-0.4, -0.2) is 67.4 Å². The lowest BCUT2D eigenvalue weighted by Crippen LogP contribution is -2.53. The molecule has 4 nitrogen and oxygen atoms in total. The number of nitrogens with zero attached hydrogens (tertiary/aromatic N) is 2. The van der Waals surface area contributed by atoms with E-state index in [4.69, 9.17) is 17.0 Å². The van der Waals surface area contributed by atoms with Gasteiger partial charge in [-0.25, -0.2) is 0 Å². The Bertz CT molecular complexity index is 261. The second kappa shape index (κ2) is 7.26. The minimum Gasteiger partial charge on any atom is -0.383 e. The standard InChI is InChI=1S/C13H25N3OS/c1-17-11-6-14-13(18)16-9-7-15(8-10-16)12-4-2-3-5-12/h12H,2-11H2,1H3,(H,14,18). The van der Waals surface area contributed by atoms with E-state index in [9.17, 15) is 0 Å². The molecule has 1 saturated heterocycles. The number of ether oxygens (including phenoxy) is 1. The van der Waals surface area contributed by atoms with E-state index in [-0.39, 0.29) is 0 Å². The van der Waals surface area contributed by atoms with Crippen LogP contribution in [0.15, 0.2) is 0 Å². The molecule has 0 aromatic heterocycles. The van der Waals surface area contributed by atoms with Crippen LogP contribution in [0, 0.1) is 0 Å². The van der Waals surface area contributed by atoms with Crippen molar-refractivity contribution >= 4 is 17.3 Å². The van der Waals surface area contributed by atoms with Crippen molar-refractivity contribution in [3.8, 4) is 0 Å². The molecular weight excluding hydrogens is 246 g/mol. The van der Waals surface area contributed by atoms with Crippen molar-refractivity contribution < 1.29 is 4.74 Å². The molecule has 0 aromatic carbocycles. The highest BCUT2D eigenvalue weighted by Crippen LogP contribution is 2.24. The average Bonchev–Trinajstić information content (AvgIpc) is 2.93. The van der Waals surface area contributed by atoms with Crippen LogP contribution in [0.25, 0.3) is 0 Å². The first kappa shape index (κ1) is 14.0. The van der Waals surface area contributed by atoms with Gasteiger partial charge < -0.3 is 15.0 Å². The quantitative estimate of drug-likeness (QED) is 0.610. The van der Waals surface area contributed by atoms with Crippen molar-refractivity contribution in [1.29, 1.82) is 0 Å². The second-order valence-electron chi connectivity index (χ2n) is 5.19. The topological polar surface area (TPSA) is 27.7 Å². The van der Waals surface area contributed by atoms with E-state index in [0.29, 0.717) is 6.61 Å². The Morgan fingerprint density at radius 3 is 2.50 bits per heavy atom.